The van der Waals surface area contributed by atoms with Crippen molar-refractivity contribution in [2.24, 2.45) is 0 Å². The van der Waals surface area contributed by atoms with E-state index in [1.54, 1.807) is 11.8 Å². The SMILES string of the molecule is C=CCn1c(COc2ccc3ccccc3c2C)nnc1SCc1ccc(Cl)cc1. The van der Waals surface area contributed by atoms with E-state index >= 15 is 0 Å². The summed E-state index contributed by atoms with van der Waals surface area (Å²) in [6.07, 6.45) is 1.85. The summed E-state index contributed by atoms with van der Waals surface area (Å²) >= 11 is 7.61. The van der Waals surface area contributed by atoms with Gasteiger partial charge in [-0.05, 0) is 47.0 Å². The quantitative estimate of drug-likeness (QED) is 0.235. The Hall–Kier alpha value is -2.76. The van der Waals surface area contributed by atoms with E-state index in [-0.39, 0.29) is 0 Å². The topological polar surface area (TPSA) is 39.9 Å². The summed E-state index contributed by atoms with van der Waals surface area (Å²) < 4.78 is 8.17. The molecule has 0 fully saturated rings. The Kier molecular flexibility index (Phi) is 6.41. The molecule has 4 nitrogen and oxygen atoms in total. The van der Waals surface area contributed by atoms with E-state index in [1.165, 1.54) is 16.3 Å². The maximum atomic E-state index is 6.13. The lowest BCUT2D eigenvalue weighted by Crippen LogP contribution is -2.08. The van der Waals surface area contributed by atoms with Crippen molar-refractivity contribution < 1.29 is 4.74 Å². The highest BCUT2D eigenvalue weighted by atomic mass is 35.5. The molecule has 0 saturated carbocycles. The number of rotatable bonds is 8. The molecule has 0 spiro atoms. The Labute approximate surface area is 185 Å². The Morgan fingerprint density at radius 1 is 1.07 bits per heavy atom. The van der Waals surface area contributed by atoms with Gasteiger partial charge in [0.2, 0.25) is 0 Å². The fraction of sp³-hybridized carbons (Fsp3) is 0.167. The van der Waals surface area contributed by atoms with Crippen LogP contribution in [-0.2, 0) is 18.9 Å². The molecule has 0 unspecified atom stereocenters. The number of hydrogen-bond acceptors (Lipinski definition) is 4. The van der Waals surface area contributed by atoms with Crippen LogP contribution in [0.1, 0.15) is 17.0 Å². The number of fused-ring (bicyclic) bond motifs is 1. The second kappa shape index (κ2) is 9.37. The van der Waals surface area contributed by atoms with Crippen LogP contribution in [0.2, 0.25) is 5.02 Å². The van der Waals surface area contributed by atoms with E-state index in [1.807, 2.05) is 53.1 Å². The van der Waals surface area contributed by atoms with Gasteiger partial charge >= 0.3 is 0 Å². The highest BCUT2D eigenvalue weighted by molar-refractivity contribution is 7.98. The molecule has 0 saturated heterocycles. The first kappa shape index (κ1) is 20.5. The van der Waals surface area contributed by atoms with E-state index in [9.17, 15) is 0 Å². The van der Waals surface area contributed by atoms with Gasteiger partial charge in [-0.15, -0.1) is 16.8 Å². The van der Waals surface area contributed by atoms with Gasteiger partial charge in [-0.3, -0.25) is 4.57 Å². The number of benzene rings is 3. The zero-order chi connectivity index (χ0) is 20.9. The summed E-state index contributed by atoms with van der Waals surface area (Å²) in [5.74, 6) is 2.43. The number of thioether (sulfide) groups is 1. The van der Waals surface area contributed by atoms with Crippen LogP contribution >= 0.6 is 23.4 Å². The summed E-state index contributed by atoms with van der Waals surface area (Å²) in [5, 5.41) is 12.7. The van der Waals surface area contributed by atoms with Crippen molar-refractivity contribution in [2.45, 2.75) is 31.0 Å². The Morgan fingerprint density at radius 2 is 1.87 bits per heavy atom. The lowest BCUT2D eigenvalue weighted by Gasteiger charge is -2.12. The van der Waals surface area contributed by atoms with Crippen molar-refractivity contribution in [3.8, 4) is 5.75 Å². The van der Waals surface area contributed by atoms with Gasteiger partial charge < -0.3 is 4.74 Å². The van der Waals surface area contributed by atoms with Crippen LogP contribution in [0.3, 0.4) is 0 Å². The number of aromatic nitrogens is 3. The van der Waals surface area contributed by atoms with Crippen LogP contribution in [0.4, 0.5) is 0 Å². The summed E-state index contributed by atoms with van der Waals surface area (Å²) in [6, 6.07) is 20.3. The van der Waals surface area contributed by atoms with Gasteiger partial charge in [0.05, 0.1) is 0 Å². The fourth-order valence-corrected chi connectivity index (χ4v) is 4.33. The molecular weight excluding hydrogens is 414 g/mol. The maximum absolute atomic E-state index is 6.13. The standard InChI is InChI=1S/C24H22ClN3OS/c1-3-14-28-23(26-27-24(28)30-16-18-8-11-20(25)12-9-18)15-29-22-13-10-19-6-4-5-7-21(19)17(22)2/h3-13H,1,14-16H2,2H3. The Balaban J connectivity index is 1.49. The first-order valence-electron chi connectivity index (χ1n) is 9.67. The van der Waals surface area contributed by atoms with E-state index in [0.717, 1.165) is 33.1 Å². The molecular formula is C24H22ClN3OS. The molecule has 3 aromatic carbocycles. The molecule has 0 atom stereocenters. The third kappa shape index (κ3) is 4.53. The van der Waals surface area contributed by atoms with Gasteiger partial charge in [-0.1, -0.05) is 71.9 Å². The predicted molar refractivity (Wildman–Crippen MR) is 124 cm³/mol. The molecule has 152 valence electrons. The lowest BCUT2D eigenvalue weighted by molar-refractivity contribution is 0.287. The lowest BCUT2D eigenvalue weighted by atomic mass is 10.0. The number of aryl methyl sites for hydroxylation is 1. The normalized spacial score (nSPS) is 11.0. The third-order valence-electron chi connectivity index (χ3n) is 4.89. The smallest absolute Gasteiger partial charge is 0.191 e. The van der Waals surface area contributed by atoms with Gasteiger partial charge in [-0.25, -0.2) is 0 Å². The van der Waals surface area contributed by atoms with Crippen molar-refractivity contribution in [3.05, 3.63) is 95.3 Å². The van der Waals surface area contributed by atoms with Crippen LogP contribution in [0.5, 0.6) is 5.75 Å². The van der Waals surface area contributed by atoms with Crippen molar-refractivity contribution in [1.29, 1.82) is 0 Å². The fourth-order valence-electron chi connectivity index (χ4n) is 3.28. The van der Waals surface area contributed by atoms with Crippen LogP contribution in [0.25, 0.3) is 10.8 Å². The zero-order valence-electron chi connectivity index (χ0n) is 16.7. The molecule has 0 bridgehead atoms. The van der Waals surface area contributed by atoms with Gasteiger partial charge in [0.25, 0.3) is 0 Å². The molecule has 6 heteroatoms. The van der Waals surface area contributed by atoms with Gasteiger partial charge in [-0.2, -0.15) is 0 Å². The van der Waals surface area contributed by atoms with E-state index < -0.39 is 0 Å². The van der Waals surface area contributed by atoms with Crippen molar-refractivity contribution in [3.63, 3.8) is 0 Å². The minimum absolute atomic E-state index is 0.349. The third-order valence-corrected chi connectivity index (χ3v) is 6.18. The van der Waals surface area contributed by atoms with Gasteiger partial charge in [0.15, 0.2) is 11.0 Å². The number of allylic oxidation sites excluding steroid dienone is 1. The molecule has 0 N–H and O–H groups in total. The average Bonchev–Trinajstić information content (AvgIpc) is 3.15. The van der Waals surface area contributed by atoms with Crippen molar-refractivity contribution in [1.82, 2.24) is 14.8 Å². The van der Waals surface area contributed by atoms with Crippen molar-refractivity contribution in [2.75, 3.05) is 0 Å². The molecule has 0 aliphatic carbocycles. The Bertz CT molecular complexity index is 1170. The van der Waals surface area contributed by atoms with Crippen LogP contribution < -0.4 is 4.74 Å². The number of nitrogens with zero attached hydrogens (tertiary/aromatic N) is 3. The van der Waals surface area contributed by atoms with E-state index in [2.05, 4.69) is 41.9 Å². The Morgan fingerprint density at radius 3 is 2.67 bits per heavy atom. The van der Waals surface area contributed by atoms with Crippen LogP contribution in [0.15, 0.2) is 78.5 Å². The summed E-state index contributed by atoms with van der Waals surface area (Å²) in [6.45, 7) is 6.93. The summed E-state index contributed by atoms with van der Waals surface area (Å²) in [4.78, 5) is 0. The molecule has 0 radical (unpaired) electrons. The first-order valence-corrected chi connectivity index (χ1v) is 11.0. The molecule has 1 aromatic heterocycles. The number of ether oxygens (including phenoxy) is 1. The largest absolute Gasteiger partial charge is 0.485 e. The zero-order valence-corrected chi connectivity index (χ0v) is 18.3. The number of halogens is 1. The van der Waals surface area contributed by atoms with Gasteiger partial charge in [0.1, 0.15) is 12.4 Å². The highest BCUT2D eigenvalue weighted by Crippen LogP contribution is 2.28. The molecule has 4 rings (SSSR count). The highest BCUT2D eigenvalue weighted by Gasteiger charge is 2.13. The second-order valence-electron chi connectivity index (χ2n) is 6.91. The average molecular weight is 436 g/mol. The van der Waals surface area contributed by atoms with E-state index in [0.29, 0.717) is 13.2 Å². The summed E-state index contributed by atoms with van der Waals surface area (Å²) in [7, 11) is 0. The van der Waals surface area contributed by atoms with E-state index in [4.69, 9.17) is 16.3 Å². The molecule has 1 heterocycles. The van der Waals surface area contributed by atoms with Crippen LogP contribution in [0, 0.1) is 6.92 Å². The van der Waals surface area contributed by atoms with Crippen molar-refractivity contribution >= 4 is 34.1 Å². The first-order chi connectivity index (χ1) is 14.7. The molecule has 4 aromatic rings. The minimum atomic E-state index is 0.349. The molecule has 30 heavy (non-hydrogen) atoms. The summed E-state index contributed by atoms with van der Waals surface area (Å²) in [5.41, 5.74) is 2.31. The predicted octanol–water partition coefficient (Wildman–Crippen LogP) is 6.45. The molecule has 0 aliphatic heterocycles. The maximum Gasteiger partial charge on any atom is 0.191 e. The molecule has 0 amide bonds. The second-order valence-corrected chi connectivity index (χ2v) is 8.29. The van der Waals surface area contributed by atoms with Crippen LogP contribution in [-0.4, -0.2) is 14.8 Å². The molecule has 0 aliphatic rings. The minimum Gasteiger partial charge on any atom is -0.485 e. The van der Waals surface area contributed by atoms with Gasteiger partial charge in [0, 0.05) is 17.3 Å². The number of hydrogen-bond donors (Lipinski definition) is 0. The monoisotopic (exact) mass is 435 g/mol.